The molecule has 3 atom stereocenters. The molecule has 1 aliphatic heterocycles. The fourth-order valence-corrected chi connectivity index (χ4v) is 3.96. The summed E-state index contributed by atoms with van der Waals surface area (Å²) in [4.78, 5) is 15.1. The molecule has 1 aromatic heterocycles. The number of fused-ring (bicyclic) bond motifs is 1. The first-order valence-corrected chi connectivity index (χ1v) is 10.1. The van der Waals surface area contributed by atoms with Gasteiger partial charge in [-0.25, -0.2) is 0 Å². The smallest absolute Gasteiger partial charge is 0.159 e. The van der Waals surface area contributed by atoms with Crippen LogP contribution < -0.4 is 0 Å². The molecule has 3 aromatic rings. The summed E-state index contributed by atoms with van der Waals surface area (Å²) >= 11 is 0. The number of aromatic nitrogens is 1. The minimum Gasteiger partial charge on any atom is -0.353 e. The van der Waals surface area contributed by atoms with Gasteiger partial charge in [-0.15, -0.1) is 0 Å². The molecule has 0 radical (unpaired) electrons. The average molecular weight is 387 g/mol. The van der Waals surface area contributed by atoms with Crippen LogP contribution in [0.5, 0.6) is 0 Å². The van der Waals surface area contributed by atoms with E-state index in [1.54, 1.807) is 6.92 Å². The lowest BCUT2D eigenvalue weighted by molar-refractivity contribution is -0.198. The second kappa shape index (κ2) is 8.65. The maximum atomic E-state index is 11.6. The number of rotatable bonds is 4. The number of hydrogen-bond donors (Lipinski definition) is 1. The Hall–Kier alpha value is -2.87. The molecule has 1 aliphatic rings. The van der Waals surface area contributed by atoms with Gasteiger partial charge in [0.05, 0.1) is 17.4 Å². The van der Waals surface area contributed by atoms with Crippen LogP contribution in [0.3, 0.4) is 0 Å². The number of nitrogens with one attached hydrogen (secondary N) is 1. The monoisotopic (exact) mass is 387 g/mol. The number of H-pyrrole nitrogens is 1. The van der Waals surface area contributed by atoms with Crippen molar-refractivity contribution in [2.45, 2.75) is 39.1 Å². The molecule has 1 saturated heterocycles. The van der Waals surface area contributed by atoms with E-state index < -0.39 is 0 Å². The van der Waals surface area contributed by atoms with Crippen LogP contribution in [0.15, 0.2) is 54.6 Å². The van der Waals surface area contributed by atoms with Crippen LogP contribution in [0.2, 0.25) is 0 Å². The van der Waals surface area contributed by atoms with Crippen LogP contribution in [0.4, 0.5) is 0 Å². The molecule has 4 heteroatoms. The largest absolute Gasteiger partial charge is 0.353 e. The van der Waals surface area contributed by atoms with Gasteiger partial charge in [-0.1, -0.05) is 60.4 Å². The molecule has 29 heavy (non-hydrogen) atoms. The summed E-state index contributed by atoms with van der Waals surface area (Å²) in [5.74, 6) is 6.60. The number of benzene rings is 2. The van der Waals surface area contributed by atoms with Crippen molar-refractivity contribution in [2.75, 3.05) is 6.61 Å². The van der Waals surface area contributed by atoms with Gasteiger partial charge in [0.25, 0.3) is 0 Å². The van der Waals surface area contributed by atoms with E-state index in [2.05, 4.69) is 41.1 Å². The highest BCUT2D eigenvalue weighted by Gasteiger charge is 2.31. The number of carbonyl (C=O) groups excluding carboxylic acids is 1. The third kappa shape index (κ3) is 4.27. The van der Waals surface area contributed by atoms with E-state index in [0.717, 1.165) is 40.6 Å². The summed E-state index contributed by atoms with van der Waals surface area (Å²) < 4.78 is 11.7. The number of aromatic amines is 1. The van der Waals surface area contributed by atoms with Crippen LogP contribution in [-0.4, -0.2) is 29.8 Å². The molecule has 4 nitrogen and oxygen atoms in total. The fourth-order valence-electron chi connectivity index (χ4n) is 3.96. The lowest BCUT2D eigenvalue weighted by atomic mass is 9.91. The molecule has 148 valence electrons. The van der Waals surface area contributed by atoms with Crippen molar-refractivity contribution >= 4 is 16.7 Å². The minimum absolute atomic E-state index is 0.0272. The van der Waals surface area contributed by atoms with Crippen LogP contribution >= 0.6 is 0 Å². The van der Waals surface area contributed by atoms with E-state index in [1.807, 2.05) is 37.3 Å². The molecule has 0 spiro atoms. The summed E-state index contributed by atoms with van der Waals surface area (Å²) in [6, 6.07) is 18.4. The fraction of sp³-hybridized carbons (Fsp3) is 0.320. The highest BCUT2D eigenvalue weighted by molar-refractivity contribution is 5.93. The van der Waals surface area contributed by atoms with Crippen molar-refractivity contribution in [3.05, 3.63) is 60.2 Å². The maximum absolute atomic E-state index is 11.6. The van der Waals surface area contributed by atoms with E-state index >= 15 is 0 Å². The van der Waals surface area contributed by atoms with Crippen molar-refractivity contribution < 1.29 is 14.3 Å². The lowest BCUT2D eigenvalue weighted by Gasteiger charge is -2.32. The van der Waals surface area contributed by atoms with Crippen LogP contribution in [0.25, 0.3) is 22.2 Å². The van der Waals surface area contributed by atoms with Gasteiger partial charge in [-0.2, -0.15) is 0 Å². The highest BCUT2D eigenvalue weighted by atomic mass is 16.7. The van der Waals surface area contributed by atoms with Crippen LogP contribution in [0, 0.1) is 17.8 Å². The Labute approximate surface area is 171 Å². The number of hydrogen-bond acceptors (Lipinski definition) is 3. The summed E-state index contributed by atoms with van der Waals surface area (Å²) in [5, 5.41) is 1.10. The zero-order valence-electron chi connectivity index (χ0n) is 16.8. The predicted octanol–water partition coefficient (Wildman–Crippen LogP) is 4.93. The summed E-state index contributed by atoms with van der Waals surface area (Å²) in [5.41, 5.74) is 4.17. The molecule has 2 heterocycles. The Bertz CT molecular complexity index is 1060. The molecule has 0 unspecified atom stereocenters. The second-order valence-electron chi connectivity index (χ2n) is 7.46. The second-order valence-corrected chi connectivity index (χ2v) is 7.46. The van der Waals surface area contributed by atoms with Crippen LogP contribution in [-0.2, 0) is 14.3 Å². The molecule has 0 saturated carbocycles. The summed E-state index contributed by atoms with van der Waals surface area (Å²) in [7, 11) is 0. The van der Waals surface area contributed by atoms with Gasteiger partial charge in [0, 0.05) is 16.8 Å². The van der Waals surface area contributed by atoms with E-state index in [1.165, 1.54) is 0 Å². The molecule has 0 amide bonds. The Balaban J connectivity index is 1.49. The van der Waals surface area contributed by atoms with Gasteiger partial charge in [-0.05, 0) is 38.3 Å². The molecule has 1 fully saturated rings. The molecule has 1 N–H and O–H groups in total. The molecule has 2 aromatic carbocycles. The Morgan fingerprint density at radius 2 is 1.90 bits per heavy atom. The minimum atomic E-state index is -0.300. The molecule has 4 rings (SSSR count). The number of carbonyl (C=O) groups is 1. The van der Waals surface area contributed by atoms with E-state index in [-0.39, 0.29) is 30.7 Å². The quantitative estimate of drug-likeness (QED) is 0.646. The van der Waals surface area contributed by atoms with Crippen molar-refractivity contribution in [1.82, 2.24) is 4.98 Å². The number of ketones is 1. The van der Waals surface area contributed by atoms with Gasteiger partial charge in [0.1, 0.15) is 12.4 Å². The van der Waals surface area contributed by atoms with Crippen molar-refractivity contribution in [2.24, 2.45) is 5.92 Å². The predicted molar refractivity (Wildman–Crippen MR) is 114 cm³/mol. The van der Waals surface area contributed by atoms with Gasteiger partial charge in [0.15, 0.2) is 6.29 Å². The topological polar surface area (TPSA) is 51.3 Å². The number of para-hydroxylation sites is 1. The molecular formula is C25H25NO3. The standard InChI is InChI=1S/C25H25NO3/c1-17(27)20-14-15-24(29-18(20)2)28-16-8-12-22-21-11-6-7-13-23(21)26-25(22)19-9-4-3-5-10-19/h3-7,9-11,13,18,20,24,26H,14-16H2,1-2H3/t18-,20+,24+/m0/s1. The highest BCUT2D eigenvalue weighted by Crippen LogP contribution is 2.29. The van der Waals surface area contributed by atoms with E-state index in [9.17, 15) is 4.79 Å². The Morgan fingerprint density at radius 3 is 2.66 bits per heavy atom. The van der Waals surface area contributed by atoms with Gasteiger partial charge >= 0.3 is 0 Å². The van der Waals surface area contributed by atoms with E-state index in [4.69, 9.17) is 9.47 Å². The third-order valence-corrected chi connectivity index (χ3v) is 5.49. The zero-order chi connectivity index (χ0) is 20.2. The van der Waals surface area contributed by atoms with Gasteiger partial charge in [-0.3, -0.25) is 4.79 Å². The SMILES string of the molecule is CC(=O)[C@H]1CC[C@H](OCC#Cc2c(-c3ccccc3)[nH]c3ccccc23)O[C@H]1C. The zero-order valence-corrected chi connectivity index (χ0v) is 16.8. The number of ether oxygens (including phenoxy) is 2. The van der Waals surface area contributed by atoms with Crippen molar-refractivity contribution in [3.8, 4) is 23.1 Å². The summed E-state index contributed by atoms with van der Waals surface area (Å²) in [6.07, 6.45) is 1.11. The first kappa shape index (κ1) is 19.4. The van der Waals surface area contributed by atoms with Crippen LogP contribution in [0.1, 0.15) is 32.3 Å². The van der Waals surface area contributed by atoms with E-state index in [0.29, 0.717) is 0 Å². The Morgan fingerprint density at radius 1 is 1.14 bits per heavy atom. The van der Waals surface area contributed by atoms with Gasteiger partial charge in [0.2, 0.25) is 0 Å². The van der Waals surface area contributed by atoms with Crippen molar-refractivity contribution in [1.29, 1.82) is 0 Å². The molecule has 0 bridgehead atoms. The molecule has 0 aliphatic carbocycles. The third-order valence-electron chi connectivity index (χ3n) is 5.49. The number of Topliss-reactive ketones (excluding diaryl/α,β-unsaturated/α-hetero) is 1. The average Bonchev–Trinajstić information content (AvgIpc) is 3.10. The van der Waals surface area contributed by atoms with Crippen molar-refractivity contribution in [3.63, 3.8) is 0 Å². The maximum Gasteiger partial charge on any atom is 0.159 e. The van der Waals surface area contributed by atoms with Gasteiger partial charge < -0.3 is 14.5 Å². The Kier molecular flexibility index (Phi) is 5.80. The molecular weight excluding hydrogens is 362 g/mol. The lowest BCUT2D eigenvalue weighted by Crippen LogP contribution is -2.37. The summed E-state index contributed by atoms with van der Waals surface area (Å²) in [6.45, 7) is 3.85. The normalized spacial score (nSPS) is 21.5. The first-order chi connectivity index (χ1) is 14.1. The first-order valence-electron chi connectivity index (χ1n) is 10.1.